The van der Waals surface area contributed by atoms with Gasteiger partial charge < -0.3 is 28.7 Å². The zero-order chi connectivity index (χ0) is 35.4. The van der Waals surface area contributed by atoms with Gasteiger partial charge >= 0.3 is 12.1 Å². The first-order valence-electron chi connectivity index (χ1n) is 16.8. The molecule has 264 valence electrons. The molecule has 2 aromatic rings. The maximum atomic E-state index is 13.9. The molecule has 47 heavy (non-hydrogen) atoms. The van der Waals surface area contributed by atoms with Crippen LogP contribution in [0.2, 0.25) is 16.6 Å². The van der Waals surface area contributed by atoms with Gasteiger partial charge in [0.2, 0.25) is 8.32 Å². The van der Waals surface area contributed by atoms with E-state index in [1.54, 1.807) is 32.9 Å². The molecule has 2 rings (SSSR count). The van der Waals surface area contributed by atoms with E-state index < -0.39 is 44.2 Å². The Morgan fingerprint density at radius 1 is 0.830 bits per heavy atom. The van der Waals surface area contributed by atoms with E-state index in [0.29, 0.717) is 29.7 Å². The van der Waals surface area contributed by atoms with Crippen molar-refractivity contribution in [2.75, 3.05) is 13.7 Å². The number of carbonyl (C=O) groups is 2. The first-order valence-corrected chi connectivity index (χ1v) is 18.9. The van der Waals surface area contributed by atoms with E-state index in [1.807, 2.05) is 37.3 Å². The summed E-state index contributed by atoms with van der Waals surface area (Å²) in [5, 5.41) is 2.62. The third-order valence-electron chi connectivity index (χ3n) is 8.50. The lowest BCUT2D eigenvalue weighted by atomic mass is 10.0. The number of halogens is 1. The molecule has 0 saturated carbocycles. The standard InChI is InChI=1S/C37H58FNO7Si/c1-25(2)47(26(3)4,27(5)6)46-34(28(7)44-24-30-15-13-12-14-16-30)33(23-29-17-19-31(38)20-18-29)43-22-21-32(35(40)42-11)39-36(41)45-37(8,9)10/h12-20,25-28,32-34H,21-24H2,1-11H3,(H,39,41)/t28-,32?,33+,34-/m0/s1. The van der Waals surface area contributed by atoms with Crippen LogP contribution >= 0.6 is 0 Å². The van der Waals surface area contributed by atoms with Crippen LogP contribution < -0.4 is 5.32 Å². The van der Waals surface area contributed by atoms with Crippen molar-refractivity contribution in [1.29, 1.82) is 0 Å². The van der Waals surface area contributed by atoms with Gasteiger partial charge in [-0.3, -0.25) is 0 Å². The third-order valence-corrected chi connectivity index (χ3v) is 14.6. The topological polar surface area (TPSA) is 92.3 Å². The minimum atomic E-state index is -2.45. The molecule has 10 heteroatoms. The van der Waals surface area contributed by atoms with Crippen molar-refractivity contribution in [3.63, 3.8) is 0 Å². The zero-order valence-corrected chi connectivity index (χ0v) is 31.3. The Kier molecular flexibility index (Phi) is 16.0. The van der Waals surface area contributed by atoms with Crippen molar-refractivity contribution >= 4 is 20.4 Å². The molecule has 0 fully saturated rings. The largest absolute Gasteiger partial charge is 0.467 e. The predicted octanol–water partition coefficient (Wildman–Crippen LogP) is 8.38. The Morgan fingerprint density at radius 3 is 1.91 bits per heavy atom. The summed E-state index contributed by atoms with van der Waals surface area (Å²) in [4.78, 5) is 25.2. The summed E-state index contributed by atoms with van der Waals surface area (Å²) in [6.45, 7) is 21.2. The second kappa shape index (κ2) is 18.7. The molecule has 0 spiro atoms. The maximum Gasteiger partial charge on any atom is 0.408 e. The normalized spacial score (nSPS) is 15.0. The summed E-state index contributed by atoms with van der Waals surface area (Å²) >= 11 is 0. The molecule has 0 aliphatic heterocycles. The van der Waals surface area contributed by atoms with Gasteiger partial charge in [0.15, 0.2) is 0 Å². The highest BCUT2D eigenvalue weighted by atomic mass is 28.4. The van der Waals surface area contributed by atoms with Crippen molar-refractivity contribution < 1.29 is 37.4 Å². The van der Waals surface area contributed by atoms with E-state index in [4.69, 9.17) is 23.4 Å². The van der Waals surface area contributed by atoms with Crippen molar-refractivity contribution in [3.8, 4) is 0 Å². The first kappa shape index (κ1) is 40.4. The van der Waals surface area contributed by atoms with E-state index >= 15 is 0 Å². The molecule has 4 atom stereocenters. The number of benzene rings is 2. The molecule has 8 nitrogen and oxygen atoms in total. The Balaban J connectivity index is 2.48. The summed E-state index contributed by atoms with van der Waals surface area (Å²) < 4.78 is 44.8. The molecule has 1 N–H and O–H groups in total. The fourth-order valence-electron chi connectivity index (χ4n) is 6.32. The maximum absolute atomic E-state index is 13.9. The molecule has 2 aromatic carbocycles. The predicted molar refractivity (Wildman–Crippen MR) is 186 cm³/mol. The fourth-order valence-corrected chi connectivity index (χ4v) is 11.9. The Hall–Kier alpha value is -2.79. The van der Waals surface area contributed by atoms with Gasteiger partial charge in [-0.05, 0) is 67.6 Å². The van der Waals surface area contributed by atoms with Crippen molar-refractivity contribution in [1.82, 2.24) is 5.32 Å². The van der Waals surface area contributed by atoms with Crippen LogP contribution in [0.5, 0.6) is 0 Å². The van der Waals surface area contributed by atoms with Crippen LogP contribution in [0.3, 0.4) is 0 Å². The number of ether oxygens (including phenoxy) is 4. The monoisotopic (exact) mass is 675 g/mol. The highest BCUT2D eigenvalue weighted by Crippen LogP contribution is 2.44. The van der Waals surface area contributed by atoms with Gasteiger partial charge in [-0.1, -0.05) is 84.0 Å². The lowest BCUT2D eigenvalue weighted by Crippen LogP contribution is -2.56. The molecule has 0 heterocycles. The average molecular weight is 676 g/mol. The SMILES string of the molecule is COC(=O)C(CCO[C@H](Cc1ccc(F)cc1)[C@@H](O[Si](C(C)C)(C(C)C)C(C)C)[C@H](C)OCc1ccccc1)NC(=O)OC(C)(C)C. The average Bonchev–Trinajstić information content (AvgIpc) is 2.99. The number of hydrogen-bond acceptors (Lipinski definition) is 7. The van der Waals surface area contributed by atoms with Crippen LogP contribution in [0.4, 0.5) is 9.18 Å². The van der Waals surface area contributed by atoms with E-state index in [-0.39, 0.29) is 24.9 Å². The van der Waals surface area contributed by atoms with Crippen LogP contribution in [0.1, 0.15) is 86.8 Å². The quantitative estimate of drug-likeness (QED) is 0.125. The van der Waals surface area contributed by atoms with E-state index in [2.05, 4.69) is 46.9 Å². The smallest absolute Gasteiger partial charge is 0.408 e. The lowest BCUT2D eigenvalue weighted by Gasteiger charge is -2.47. The molecule has 1 unspecified atom stereocenters. The number of rotatable bonds is 18. The summed E-state index contributed by atoms with van der Waals surface area (Å²) in [5.74, 6) is -0.925. The zero-order valence-electron chi connectivity index (χ0n) is 30.3. The highest BCUT2D eigenvalue weighted by Gasteiger charge is 2.49. The first-order chi connectivity index (χ1) is 22.0. The van der Waals surface area contributed by atoms with Crippen LogP contribution in [0.25, 0.3) is 0 Å². The minimum Gasteiger partial charge on any atom is -0.467 e. The molecule has 0 radical (unpaired) electrons. The Labute approximate surface area is 283 Å². The van der Waals surface area contributed by atoms with Crippen LogP contribution in [0, 0.1) is 5.82 Å². The Morgan fingerprint density at radius 2 is 1.40 bits per heavy atom. The molecule has 0 aliphatic rings. The summed E-state index contributed by atoms with van der Waals surface area (Å²) in [6.07, 6.45) is -1.54. The van der Waals surface area contributed by atoms with Gasteiger partial charge in [0.05, 0.1) is 32.0 Å². The number of nitrogens with one attached hydrogen (secondary N) is 1. The van der Waals surface area contributed by atoms with E-state index in [1.165, 1.54) is 19.2 Å². The fraction of sp³-hybridized carbons (Fsp3) is 0.622. The lowest BCUT2D eigenvalue weighted by molar-refractivity contribution is -0.144. The second-order valence-corrected chi connectivity index (χ2v) is 19.6. The summed E-state index contributed by atoms with van der Waals surface area (Å²) in [7, 11) is -1.18. The molecule has 0 aromatic heterocycles. The van der Waals surface area contributed by atoms with Gasteiger partial charge in [0.1, 0.15) is 17.5 Å². The summed E-state index contributed by atoms with van der Waals surface area (Å²) in [6, 6.07) is 15.4. The van der Waals surface area contributed by atoms with Crippen molar-refractivity contribution in [2.24, 2.45) is 0 Å². The van der Waals surface area contributed by atoms with Crippen LogP contribution in [0.15, 0.2) is 54.6 Å². The molecule has 1 amide bonds. The van der Waals surface area contributed by atoms with Crippen molar-refractivity contribution in [2.45, 2.75) is 135 Å². The second-order valence-electron chi connectivity index (χ2n) is 14.2. The highest BCUT2D eigenvalue weighted by molar-refractivity contribution is 6.77. The number of hydrogen-bond donors (Lipinski definition) is 1. The van der Waals surface area contributed by atoms with Crippen LogP contribution in [-0.4, -0.2) is 64.1 Å². The molecular weight excluding hydrogens is 617 g/mol. The minimum absolute atomic E-state index is 0.103. The van der Waals surface area contributed by atoms with Gasteiger partial charge in [-0.15, -0.1) is 0 Å². The third kappa shape index (κ3) is 12.6. The van der Waals surface area contributed by atoms with Crippen LogP contribution in [-0.2, 0) is 41.2 Å². The van der Waals surface area contributed by atoms with Gasteiger partial charge in [0.25, 0.3) is 0 Å². The van der Waals surface area contributed by atoms with Gasteiger partial charge in [-0.25, -0.2) is 14.0 Å². The molecule has 0 aliphatic carbocycles. The molecule has 0 saturated heterocycles. The molecule has 0 bridgehead atoms. The van der Waals surface area contributed by atoms with E-state index in [0.717, 1.165) is 11.1 Å². The summed E-state index contributed by atoms with van der Waals surface area (Å²) in [5.41, 5.74) is 2.10. The van der Waals surface area contributed by atoms with E-state index in [9.17, 15) is 14.0 Å². The Bertz CT molecular complexity index is 1200. The number of esters is 1. The van der Waals surface area contributed by atoms with Gasteiger partial charge in [-0.2, -0.15) is 0 Å². The number of methoxy groups -OCH3 is 1. The molecular formula is C37H58FNO7Si. The van der Waals surface area contributed by atoms with Gasteiger partial charge in [0, 0.05) is 19.4 Å². The number of amides is 1. The number of carbonyl (C=O) groups excluding carboxylic acids is 2. The van der Waals surface area contributed by atoms with Crippen molar-refractivity contribution in [3.05, 3.63) is 71.5 Å². The number of alkyl carbamates (subject to hydrolysis) is 1.